The number of hydrogen-bond donors (Lipinski definition) is 0. The fourth-order valence-corrected chi connectivity index (χ4v) is 3.76. The minimum Gasteiger partial charge on any atom is -0.469 e. The van der Waals surface area contributed by atoms with E-state index in [0.29, 0.717) is 0 Å². The van der Waals surface area contributed by atoms with Crippen molar-refractivity contribution in [3.8, 4) is 0 Å². The Balaban J connectivity index is 2.74. The molecule has 0 aromatic rings. The van der Waals surface area contributed by atoms with Gasteiger partial charge in [-0.25, -0.2) is 0 Å². The first kappa shape index (κ1) is 24.3. The molecule has 0 aliphatic carbocycles. The van der Waals surface area contributed by atoms with Gasteiger partial charge in [0.2, 0.25) is 5.60 Å². The number of esters is 4. The first-order chi connectivity index (χ1) is 14.6. The molecule has 14 heteroatoms. The SMILES string of the molecule is COC(=O)[C@H](N=[N+]=[N-])C1OC(OC)C2OC[C@H](OC(C)=O)C2(OC(C)=O)C1OC(C)=O. The predicted molar refractivity (Wildman–Crippen MR) is 96.0 cm³/mol. The molecule has 2 aliphatic rings. The van der Waals surface area contributed by atoms with Gasteiger partial charge in [0.25, 0.3) is 0 Å². The van der Waals surface area contributed by atoms with Crippen LogP contribution in [0.15, 0.2) is 5.11 Å². The van der Waals surface area contributed by atoms with Crippen LogP contribution in [0.3, 0.4) is 0 Å². The Labute approximate surface area is 176 Å². The minimum atomic E-state index is -1.98. The third-order valence-corrected chi connectivity index (χ3v) is 4.74. The van der Waals surface area contributed by atoms with E-state index in [1.807, 2.05) is 0 Å². The number of rotatable bonds is 7. The second kappa shape index (κ2) is 9.92. The molecular formula is C17H23N3O11. The molecule has 0 radical (unpaired) electrons. The highest BCUT2D eigenvalue weighted by molar-refractivity contribution is 5.77. The quantitative estimate of drug-likeness (QED) is 0.166. The van der Waals surface area contributed by atoms with E-state index in [-0.39, 0.29) is 6.61 Å². The summed E-state index contributed by atoms with van der Waals surface area (Å²) in [7, 11) is 2.29. The molecule has 0 aromatic carbocycles. The largest absolute Gasteiger partial charge is 0.469 e. The molecule has 0 aromatic heterocycles. The standard InChI is InChI=1S/C17H23N3O11/c1-7(21)28-10-6-27-14-16(26-5)30-12(11(19-20-18)15(24)25-4)13(29-8(2)22)17(10,14)31-9(3)23/h10-14,16H,6H2,1-5H3/t10-,11+,12?,13?,14?,16?,17?/m0/s1. The lowest BCUT2D eigenvalue weighted by Gasteiger charge is -2.50. The molecular weight excluding hydrogens is 422 g/mol. The number of azide groups is 1. The van der Waals surface area contributed by atoms with Crippen molar-refractivity contribution in [3.63, 3.8) is 0 Å². The average Bonchev–Trinajstić information content (AvgIpc) is 3.03. The predicted octanol–water partition coefficient (Wildman–Crippen LogP) is -0.226. The summed E-state index contributed by atoms with van der Waals surface area (Å²) in [6, 6.07) is -1.68. The second-order valence-electron chi connectivity index (χ2n) is 6.71. The lowest BCUT2D eigenvalue weighted by Crippen LogP contribution is -2.73. The van der Waals surface area contributed by atoms with Crippen LogP contribution >= 0.6 is 0 Å². The maximum atomic E-state index is 12.3. The highest BCUT2D eigenvalue weighted by Gasteiger charge is 2.71. The van der Waals surface area contributed by atoms with E-state index < -0.39 is 66.2 Å². The van der Waals surface area contributed by atoms with E-state index in [1.54, 1.807) is 0 Å². The summed E-state index contributed by atoms with van der Waals surface area (Å²) >= 11 is 0. The van der Waals surface area contributed by atoms with Crippen LogP contribution < -0.4 is 0 Å². The van der Waals surface area contributed by atoms with E-state index in [4.69, 9.17) is 34.0 Å². The van der Waals surface area contributed by atoms with Gasteiger partial charge in [0.15, 0.2) is 30.6 Å². The van der Waals surface area contributed by atoms with Crippen LogP contribution in [0.2, 0.25) is 0 Å². The maximum absolute atomic E-state index is 12.3. The fraction of sp³-hybridized carbons (Fsp3) is 0.765. The van der Waals surface area contributed by atoms with Crippen molar-refractivity contribution < 1.29 is 52.3 Å². The van der Waals surface area contributed by atoms with Crippen LogP contribution in [-0.2, 0) is 52.3 Å². The van der Waals surface area contributed by atoms with Crippen molar-refractivity contribution in [2.45, 2.75) is 63.1 Å². The molecule has 0 spiro atoms. The highest BCUT2D eigenvalue weighted by atomic mass is 16.7. The summed E-state index contributed by atoms with van der Waals surface area (Å²) in [5.74, 6) is -3.44. The van der Waals surface area contributed by atoms with Crippen molar-refractivity contribution in [2.75, 3.05) is 20.8 Å². The van der Waals surface area contributed by atoms with Crippen LogP contribution in [0, 0.1) is 0 Å². The molecule has 2 rings (SSSR count). The van der Waals surface area contributed by atoms with E-state index >= 15 is 0 Å². The molecule has 0 saturated carbocycles. The van der Waals surface area contributed by atoms with Crippen LogP contribution in [0.1, 0.15) is 20.8 Å². The van der Waals surface area contributed by atoms with Crippen molar-refractivity contribution in [1.29, 1.82) is 0 Å². The Hall–Kier alpha value is -2.93. The zero-order valence-electron chi connectivity index (χ0n) is 17.5. The zero-order valence-corrected chi connectivity index (χ0v) is 17.5. The zero-order chi connectivity index (χ0) is 23.3. The van der Waals surface area contributed by atoms with E-state index in [2.05, 4.69) is 14.8 Å². The molecule has 5 unspecified atom stereocenters. The first-order valence-electron chi connectivity index (χ1n) is 9.08. The molecule has 0 amide bonds. The number of nitrogens with zero attached hydrogens (tertiary/aromatic N) is 3. The maximum Gasteiger partial charge on any atom is 0.317 e. The summed E-state index contributed by atoms with van der Waals surface area (Å²) in [4.78, 5) is 50.7. The number of methoxy groups -OCH3 is 2. The molecule has 0 N–H and O–H groups in total. The lowest BCUT2D eigenvalue weighted by atomic mass is 9.78. The Kier molecular flexibility index (Phi) is 7.79. The van der Waals surface area contributed by atoms with Crippen LogP contribution in [0.25, 0.3) is 10.4 Å². The summed E-state index contributed by atoms with van der Waals surface area (Å²) < 4.78 is 37.6. The van der Waals surface area contributed by atoms with Gasteiger partial charge in [-0.1, -0.05) is 5.11 Å². The Morgan fingerprint density at radius 3 is 2.23 bits per heavy atom. The highest BCUT2D eigenvalue weighted by Crippen LogP contribution is 2.46. The van der Waals surface area contributed by atoms with Crippen molar-refractivity contribution in [3.05, 3.63) is 10.4 Å². The molecule has 172 valence electrons. The second-order valence-corrected chi connectivity index (χ2v) is 6.71. The average molecular weight is 445 g/mol. The van der Waals surface area contributed by atoms with E-state index in [1.165, 1.54) is 7.11 Å². The summed E-state index contributed by atoms with van der Waals surface area (Å²) in [5, 5.41) is 3.40. The monoisotopic (exact) mass is 445 g/mol. The van der Waals surface area contributed by atoms with Gasteiger partial charge >= 0.3 is 23.9 Å². The molecule has 2 aliphatic heterocycles. The Bertz CT molecular complexity index is 783. The number of hydrogen-bond acceptors (Lipinski definition) is 12. The van der Waals surface area contributed by atoms with Crippen LogP contribution in [-0.4, -0.2) is 87.1 Å². The normalized spacial score (nSPS) is 32.6. The van der Waals surface area contributed by atoms with Crippen molar-refractivity contribution in [1.82, 2.24) is 0 Å². The third-order valence-electron chi connectivity index (χ3n) is 4.74. The van der Waals surface area contributed by atoms with Crippen molar-refractivity contribution >= 4 is 23.9 Å². The number of fused-ring (bicyclic) bond motifs is 1. The molecule has 2 fully saturated rings. The van der Waals surface area contributed by atoms with Gasteiger partial charge in [0.05, 0.1) is 13.7 Å². The lowest BCUT2D eigenvalue weighted by molar-refractivity contribution is -0.324. The summed E-state index contributed by atoms with van der Waals surface area (Å²) in [5.41, 5.74) is 6.97. The van der Waals surface area contributed by atoms with Gasteiger partial charge in [0, 0.05) is 32.8 Å². The van der Waals surface area contributed by atoms with Crippen LogP contribution in [0.4, 0.5) is 0 Å². The van der Waals surface area contributed by atoms with Crippen molar-refractivity contribution in [2.24, 2.45) is 5.11 Å². The van der Waals surface area contributed by atoms with Crippen LogP contribution in [0.5, 0.6) is 0 Å². The molecule has 14 nitrogen and oxygen atoms in total. The molecule has 31 heavy (non-hydrogen) atoms. The van der Waals surface area contributed by atoms with Gasteiger partial charge < -0.3 is 33.2 Å². The topological polar surface area (TPSA) is 182 Å². The fourth-order valence-electron chi connectivity index (χ4n) is 3.76. The third kappa shape index (κ3) is 4.71. The summed E-state index contributed by atoms with van der Waals surface area (Å²) in [6.45, 7) is 3.00. The van der Waals surface area contributed by atoms with Gasteiger partial charge in [-0.2, -0.15) is 0 Å². The van der Waals surface area contributed by atoms with E-state index in [9.17, 15) is 19.2 Å². The van der Waals surface area contributed by atoms with Gasteiger partial charge in [0.1, 0.15) is 6.10 Å². The smallest absolute Gasteiger partial charge is 0.317 e. The Morgan fingerprint density at radius 1 is 1.10 bits per heavy atom. The van der Waals surface area contributed by atoms with Gasteiger partial charge in [-0.3, -0.25) is 19.2 Å². The molecule has 7 atom stereocenters. The number of carbonyl (C=O) groups excluding carboxylic acids is 4. The molecule has 0 bridgehead atoms. The summed E-state index contributed by atoms with van der Waals surface area (Å²) in [6.07, 6.45) is -6.94. The number of carbonyl (C=O) groups is 4. The minimum absolute atomic E-state index is 0.268. The first-order valence-corrected chi connectivity index (χ1v) is 9.08. The Morgan fingerprint density at radius 2 is 1.74 bits per heavy atom. The molecule has 2 heterocycles. The number of ether oxygens (including phenoxy) is 7. The van der Waals surface area contributed by atoms with Gasteiger partial charge in [-0.15, -0.1) is 0 Å². The van der Waals surface area contributed by atoms with E-state index in [0.717, 1.165) is 27.9 Å². The molecule has 2 saturated heterocycles. The van der Waals surface area contributed by atoms with Gasteiger partial charge in [-0.05, 0) is 5.53 Å².